The number of carbonyl (C=O) groups excluding carboxylic acids is 5. The first-order valence-corrected chi connectivity index (χ1v) is 18.4. The average Bonchev–Trinajstić information content (AvgIpc) is 3.70. The molecule has 5 N–H and O–H groups in total. The molecule has 3 aromatic rings. The van der Waals surface area contributed by atoms with Crippen molar-refractivity contribution >= 4 is 42.0 Å². The summed E-state index contributed by atoms with van der Waals surface area (Å²) < 4.78 is 22.4. The van der Waals surface area contributed by atoms with Gasteiger partial charge in [-0.15, -0.1) is 0 Å². The quantitative estimate of drug-likeness (QED) is 0.0420. The molecule has 0 radical (unpaired) electrons. The van der Waals surface area contributed by atoms with Crippen molar-refractivity contribution < 1.29 is 67.2 Å². The molecule has 0 spiro atoms. The minimum atomic E-state index is -1.67. The van der Waals surface area contributed by atoms with Crippen molar-refractivity contribution in [2.45, 2.75) is 71.4 Å². The van der Waals surface area contributed by atoms with Gasteiger partial charge in [0.1, 0.15) is 30.8 Å². The maximum atomic E-state index is 13.6. The Hall–Kier alpha value is -6.59. The number of nitrogens with zero attached hydrogens (tertiary/aromatic N) is 1. The zero-order valence-corrected chi connectivity index (χ0v) is 31.7. The highest BCUT2D eigenvalue weighted by Gasteiger charge is 2.34. The first kappa shape index (κ1) is 43.1. The van der Waals surface area contributed by atoms with Crippen molar-refractivity contribution in [3.05, 3.63) is 65.4 Å². The number of carboxylic acids is 2. The molecular weight excluding hydrogens is 748 g/mol. The predicted octanol–water partition coefficient (Wildman–Crippen LogP) is 3.78. The van der Waals surface area contributed by atoms with Gasteiger partial charge < -0.3 is 49.6 Å². The normalized spacial score (nSPS) is 13.2. The number of hydroxylamine groups is 2. The van der Waals surface area contributed by atoms with E-state index in [9.17, 15) is 38.7 Å². The Morgan fingerprint density at radius 2 is 1.65 bits per heavy atom. The number of rotatable bonds is 22. The van der Waals surface area contributed by atoms with Gasteiger partial charge in [0.2, 0.25) is 12.3 Å². The average molecular weight is 795 g/mol. The van der Waals surface area contributed by atoms with Crippen LogP contribution in [0.5, 0.6) is 17.2 Å². The Bertz CT molecular complexity index is 1930. The van der Waals surface area contributed by atoms with Crippen molar-refractivity contribution in [3.8, 4) is 28.6 Å². The summed E-state index contributed by atoms with van der Waals surface area (Å²) in [7, 11) is 0. The van der Waals surface area contributed by atoms with E-state index in [-0.39, 0.29) is 48.1 Å². The van der Waals surface area contributed by atoms with E-state index >= 15 is 0 Å². The molecule has 3 atom stereocenters. The monoisotopic (exact) mass is 794 g/mol. The highest BCUT2D eigenvalue weighted by molar-refractivity contribution is 6.00. The Balaban J connectivity index is 1.40. The summed E-state index contributed by atoms with van der Waals surface area (Å²) in [5, 5.41) is 26.6. The van der Waals surface area contributed by atoms with Crippen LogP contribution in [0, 0.1) is 5.92 Å². The van der Waals surface area contributed by atoms with Gasteiger partial charge in [0.05, 0.1) is 42.8 Å². The lowest BCUT2D eigenvalue weighted by molar-refractivity contribution is -0.171. The first-order chi connectivity index (χ1) is 27.4. The molecular formula is C39H46N4O14. The molecule has 18 nitrogen and oxygen atoms in total. The fourth-order valence-corrected chi connectivity index (χ4v) is 6.03. The van der Waals surface area contributed by atoms with E-state index in [0.717, 1.165) is 17.9 Å². The Kier molecular flexibility index (Phi) is 15.8. The number of unbranched alkanes of at least 4 members (excludes halogenated alkanes) is 2. The van der Waals surface area contributed by atoms with Crippen LogP contribution in [0.1, 0.15) is 90.6 Å². The van der Waals surface area contributed by atoms with Gasteiger partial charge in [-0.25, -0.2) is 9.59 Å². The van der Waals surface area contributed by atoms with E-state index in [1.54, 1.807) is 19.9 Å². The number of carboxylic acid groups (broad SMARTS) is 2. The van der Waals surface area contributed by atoms with E-state index in [1.807, 2.05) is 6.92 Å². The summed E-state index contributed by atoms with van der Waals surface area (Å²) in [6, 6.07) is 9.18. The largest absolute Gasteiger partial charge is 0.493 e. The van der Waals surface area contributed by atoms with Crippen molar-refractivity contribution in [1.29, 1.82) is 0 Å². The number of aliphatic carboxylic acids is 2. The van der Waals surface area contributed by atoms with Crippen LogP contribution in [0.15, 0.2) is 52.9 Å². The number of hydrogen-bond acceptors (Lipinski definition) is 12. The molecule has 57 heavy (non-hydrogen) atoms. The van der Waals surface area contributed by atoms with Gasteiger partial charge in [-0.2, -0.15) is 5.06 Å². The first-order valence-electron chi connectivity index (χ1n) is 18.4. The molecule has 2 aromatic carbocycles. The van der Waals surface area contributed by atoms with E-state index in [2.05, 4.69) is 16.0 Å². The summed E-state index contributed by atoms with van der Waals surface area (Å²) in [4.78, 5) is 92.8. The number of carbonyl (C=O) groups is 7. The maximum Gasteiger partial charge on any atom is 0.363 e. The number of ether oxygens (including phenoxy) is 3. The molecule has 306 valence electrons. The SMILES string of the molecule is CCCCCC(C(=O)NCNC(=O)c1ccc(-c2ccc(C(=O)NC(CC(=O)O)C(=O)O)c(OCC)c2)o1)C(CC)N(C=O)OC(=O)c1ccc2c(c1)OCCO2. The molecule has 0 saturated carbocycles. The number of hydrogen-bond donors (Lipinski definition) is 5. The van der Waals surface area contributed by atoms with E-state index in [0.29, 0.717) is 49.5 Å². The fraction of sp³-hybridized carbons (Fsp3) is 0.410. The summed E-state index contributed by atoms with van der Waals surface area (Å²) in [6.07, 6.45) is 2.50. The van der Waals surface area contributed by atoms with E-state index in [4.69, 9.17) is 28.6 Å². The van der Waals surface area contributed by atoms with Crippen molar-refractivity contribution in [2.24, 2.45) is 5.92 Å². The second-order valence-corrected chi connectivity index (χ2v) is 12.8. The lowest BCUT2D eigenvalue weighted by atomic mass is 9.90. The van der Waals surface area contributed by atoms with Gasteiger partial charge in [-0.05, 0) is 62.2 Å². The lowest BCUT2D eigenvalue weighted by Crippen LogP contribution is -2.49. The molecule has 2 heterocycles. The molecule has 4 amide bonds. The van der Waals surface area contributed by atoms with Crippen LogP contribution in [0.2, 0.25) is 0 Å². The predicted molar refractivity (Wildman–Crippen MR) is 199 cm³/mol. The molecule has 4 rings (SSSR count). The van der Waals surface area contributed by atoms with Gasteiger partial charge in [0.25, 0.3) is 11.8 Å². The zero-order chi connectivity index (χ0) is 41.5. The van der Waals surface area contributed by atoms with Gasteiger partial charge in [-0.3, -0.25) is 24.0 Å². The molecule has 1 aliphatic rings. The topological polar surface area (TPSA) is 249 Å². The molecule has 18 heteroatoms. The zero-order valence-electron chi connectivity index (χ0n) is 31.7. The minimum absolute atomic E-state index is 0.0507. The molecule has 3 unspecified atom stereocenters. The highest BCUT2D eigenvalue weighted by Crippen LogP contribution is 2.32. The standard InChI is InChI=1S/C39H46N4O14/c1-4-7-8-9-25(28(5-2)43(22-44)57-39(52)24-11-13-30-33(19-24)55-17-16-54-30)35(47)40-21-41-37(49)31-15-14-29(56-31)23-10-12-26(32(18-23)53-6-3)36(48)42-27(38(50)51)20-34(45)46/h10-15,18-19,22,25,27-28H,4-9,16-17,20-21H2,1-3H3,(H,40,47)(H,41,49)(H,42,48)(H,45,46)(H,50,51). The van der Waals surface area contributed by atoms with E-state index in [1.165, 1.54) is 42.5 Å². The number of benzene rings is 2. The number of nitrogens with one attached hydrogen (secondary N) is 3. The van der Waals surface area contributed by atoms with Gasteiger partial charge >= 0.3 is 17.9 Å². The third-order valence-electron chi connectivity index (χ3n) is 8.87. The highest BCUT2D eigenvalue weighted by atomic mass is 16.7. The molecule has 0 saturated heterocycles. The van der Waals surface area contributed by atoms with Gasteiger partial charge in [0, 0.05) is 5.56 Å². The van der Waals surface area contributed by atoms with Crippen LogP contribution in [-0.4, -0.2) is 95.9 Å². The fourth-order valence-electron chi connectivity index (χ4n) is 6.03. The lowest BCUT2D eigenvalue weighted by Gasteiger charge is -2.32. The smallest absolute Gasteiger partial charge is 0.363 e. The van der Waals surface area contributed by atoms with Crippen molar-refractivity contribution in [1.82, 2.24) is 21.0 Å². The van der Waals surface area contributed by atoms with Crippen LogP contribution in [0.25, 0.3) is 11.3 Å². The summed E-state index contributed by atoms with van der Waals surface area (Å²) in [5.41, 5.74) is 0.472. The second kappa shape index (κ2) is 20.9. The maximum absolute atomic E-state index is 13.6. The Morgan fingerprint density at radius 3 is 2.32 bits per heavy atom. The summed E-state index contributed by atoms with van der Waals surface area (Å²) in [5.74, 6) is -5.56. The third-order valence-corrected chi connectivity index (χ3v) is 8.87. The minimum Gasteiger partial charge on any atom is -0.493 e. The van der Waals surface area contributed by atoms with Crippen LogP contribution < -0.4 is 30.2 Å². The molecule has 1 aromatic heterocycles. The van der Waals surface area contributed by atoms with Gasteiger partial charge in [-0.1, -0.05) is 39.2 Å². The van der Waals surface area contributed by atoms with Crippen LogP contribution >= 0.6 is 0 Å². The van der Waals surface area contributed by atoms with Crippen LogP contribution in [-0.2, 0) is 24.0 Å². The number of amides is 4. The summed E-state index contributed by atoms with van der Waals surface area (Å²) >= 11 is 0. The third kappa shape index (κ3) is 11.7. The summed E-state index contributed by atoms with van der Waals surface area (Å²) in [6.45, 7) is 5.95. The molecule has 0 aliphatic carbocycles. The van der Waals surface area contributed by atoms with Crippen LogP contribution in [0.4, 0.5) is 0 Å². The van der Waals surface area contributed by atoms with Crippen molar-refractivity contribution in [2.75, 3.05) is 26.5 Å². The van der Waals surface area contributed by atoms with Gasteiger partial charge in [0.15, 0.2) is 17.3 Å². The Labute approximate surface area is 327 Å². The number of furan rings is 1. The Morgan fingerprint density at radius 1 is 0.895 bits per heavy atom. The molecule has 1 aliphatic heterocycles. The molecule has 0 bridgehead atoms. The molecule has 0 fully saturated rings. The van der Waals surface area contributed by atoms with Crippen molar-refractivity contribution in [3.63, 3.8) is 0 Å². The second-order valence-electron chi connectivity index (χ2n) is 12.8. The van der Waals surface area contributed by atoms with Crippen LogP contribution in [0.3, 0.4) is 0 Å². The van der Waals surface area contributed by atoms with E-state index < -0.39 is 60.1 Å². The number of fused-ring (bicyclic) bond motifs is 1.